The van der Waals surface area contributed by atoms with Crippen LogP contribution in [0.15, 0.2) is 85.1 Å². The summed E-state index contributed by atoms with van der Waals surface area (Å²) in [5.41, 5.74) is 6.22. The second-order valence-electron chi connectivity index (χ2n) is 5.63. The SMILES string of the molecule is C[Si]c1ccc(-c2cccc3cc(-c4ccccc4)cn23)cc1. The topological polar surface area (TPSA) is 4.41 Å². The van der Waals surface area contributed by atoms with Gasteiger partial charge in [-0.2, -0.15) is 0 Å². The van der Waals surface area contributed by atoms with Crippen LogP contribution in [0.2, 0.25) is 6.55 Å². The van der Waals surface area contributed by atoms with Gasteiger partial charge in [0.05, 0.1) is 15.2 Å². The minimum atomic E-state index is 0.844. The number of aromatic nitrogens is 1. The Balaban J connectivity index is 1.85. The van der Waals surface area contributed by atoms with Crippen molar-refractivity contribution in [2.45, 2.75) is 6.55 Å². The van der Waals surface area contributed by atoms with Crippen LogP contribution >= 0.6 is 0 Å². The third-order valence-corrected chi connectivity index (χ3v) is 5.12. The number of rotatable bonds is 3. The lowest BCUT2D eigenvalue weighted by atomic mass is 10.1. The highest BCUT2D eigenvalue weighted by Crippen LogP contribution is 2.27. The van der Waals surface area contributed by atoms with E-state index in [9.17, 15) is 0 Å². The normalized spacial score (nSPS) is 11.0. The molecule has 0 aliphatic heterocycles. The Morgan fingerprint density at radius 3 is 2.22 bits per heavy atom. The Bertz CT molecular complexity index is 937. The van der Waals surface area contributed by atoms with Gasteiger partial charge in [-0.3, -0.25) is 0 Å². The Morgan fingerprint density at radius 2 is 1.48 bits per heavy atom. The maximum absolute atomic E-state index is 2.28. The van der Waals surface area contributed by atoms with Gasteiger partial charge < -0.3 is 4.40 Å². The zero-order valence-electron chi connectivity index (χ0n) is 13.0. The largest absolute Gasteiger partial charge is 0.316 e. The van der Waals surface area contributed by atoms with Crippen molar-refractivity contribution in [1.29, 1.82) is 0 Å². The highest BCUT2D eigenvalue weighted by Gasteiger charge is 2.07. The van der Waals surface area contributed by atoms with E-state index in [1.807, 2.05) is 0 Å². The molecule has 4 aromatic rings. The molecule has 0 fully saturated rings. The molecule has 23 heavy (non-hydrogen) atoms. The zero-order chi connectivity index (χ0) is 15.6. The number of pyridine rings is 1. The van der Waals surface area contributed by atoms with Crippen LogP contribution in [0.5, 0.6) is 0 Å². The van der Waals surface area contributed by atoms with E-state index in [0.717, 1.165) is 9.52 Å². The Morgan fingerprint density at radius 1 is 0.696 bits per heavy atom. The van der Waals surface area contributed by atoms with Crippen molar-refractivity contribution >= 4 is 20.2 Å². The molecule has 0 bridgehead atoms. The van der Waals surface area contributed by atoms with Gasteiger partial charge in [0.1, 0.15) is 0 Å². The number of hydrogen-bond acceptors (Lipinski definition) is 0. The van der Waals surface area contributed by atoms with Gasteiger partial charge in [-0.1, -0.05) is 72.4 Å². The van der Waals surface area contributed by atoms with E-state index in [0.29, 0.717) is 0 Å². The van der Waals surface area contributed by atoms with Crippen molar-refractivity contribution in [1.82, 2.24) is 4.40 Å². The van der Waals surface area contributed by atoms with Crippen molar-refractivity contribution in [2.75, 3.05) is 0 Å². The molecule has 0 unspecified atom stereocenters. The predicted molar refractivity (Wildman–Crippen MR) is 99.5 cm³/mol. The molecule has 4 rings (SSSR count). The summed E-state index contributed by atoms with van der Waals surface area (Å²) in [7, 11) is 0.844. The molecule has 2 aromatic heterocycles. The second kappa shape index (κ2) is 5.90. The second-order valence-corrected chi connectivity index (χ2v) is 6.71. The van der Waals surface area contributed by atoms with Gasteiger partial charge in [0.2, 0.25) is 0 Å². The first kappa shape index (κ1) is 14.0. The van der Waals surface area contributed by atoms with Gasteiger partial charge >= 0.3 is 0 Å². The summed E-state index contributed by atoms with van der Waals surface area (Å²) in [5, 5.41) is 1.40. The van der Waals surface area contributed by atoms with Crippen molar-refractivity contribution < 1.29 is 0 Å². The average molecular weight is 311 g/mol. The van der Waals surface area contributed by atoms with E-state index in [-0.39, 0.29) is 0 Å². The maximum atomic E-state index is 2.28. The first-order valence-corrected chi connectivity index (χ1v) is 9.30. The van der Waals surface area contributed by atoms with Crippen LogP contribution in [0, 0.1) is 0 Å². The monoisotopic (exact) mass is 311 g/mol. The molecule has 2 heterocycles. The van der Waals surface area contributed by atoms with Crippen LogP contribution in [-0.2, 0) is 0 Å². The molecule has 0 amide bonds. The molecular formula is C21H17NSi. The molecule has 0 atom stereocenters. The van der Waals surface area contributed by atoms with Crippen LogP contribution < -0.4 is 5.19 Å². The van der Waals surface area contributed by atoms with Crippen molar-refractivity contribution in [3.63, 3.8) is 0 Å². The molecule has 0 aliphatic carbocycles. The quantitative estimate of drug-likeness (QED) is 0.485. The summed E-state index contributed by atoms with van der Waals surface area (Å²) < 4.78 is 2.28. The van der Waals surface area contributed by atoms with Crippen molar-refractivity contribution in [3.8, 4) is 22.4 Å². The number of benzene rings is 2. The van der Waals surface area contributed by atoms with E-state index in [1.54, 1.807) is 0 Å². The van der Waals surface area contributed by atoms with Crippen LogP contribution in [0.3, 0.4) is 0 Å². The summed E-state index contributed by atoms with van der Waals surface area (Å²) in [5.74, 6) is 0. The van der Waals surface area contributed by atoms with E-state index in [4.69, 9.17) is 0 Å². The van der Waals surface area contributed by atoms with E-state index in [2.05, 4.69) is 96.0 Å². The number of nitrogens with zero attached hydrogens (tertiary/aromatic N) is 1. The fraction of sp³-hybridized carbons (Fsp3) is 0.0476. The highest BCUT2D eigenvalue weighted by molar-refractivity contribution is 6.51. The first-order chi connectivity index (χ1) is 11.3. The Kier molecular flexibility index (Phi) is 3.60. The third-order valence-electron chi connectivity index (χ3n) is 4.21. The molecule has 0 saturated heterocycles. The molecule has 1 nitrogen and oxygen atoms in total. The molecule has 2 radical (unpaired) electrons. The smallest absolute Gasteiger partial charge is 0.0773 e. The zero-order valence-corrected chi connectivity index (χ0v) is 14.0. The summed E-state index contributed by atoms with van der Waals surface area (Å²) in [6.07, 6.45) is 2.23. The molecule has 2 aromatic carbocycles. The Labute approximate surface area is 139 Å². The standard InChI is InChI=1S/C21H17NSi/c1-23-20-12-10-17(11-13-20)21-9-5-8-19-14-18(15-22(19)21)16-6-3-2-4-7-16/h2-15H,1H3. The van der Waals surface area contributed by atoms with E-state index < -0.39 is 0 Å². The number of fused-ring (bicyclic) bond motifs is 1. The third kappa shape index (κ3) is 2.62. The van der Waals surface area contributed by atoms with Gasteiger partial charge in [0.25, 0.3) is 0 Å². The minimum Gasteiger partial charge on any atom is -0.316 e. The van der Waals surface area contributed by atoms with Crippen LogP contribution in [0.25, 0.3) is 27.9 Å². The van der Waals surface area contributed by atoms with Crippen LogP contribution in [-0.4, -0.2) is 13.9 Å². The molecule has 0 spiro atoms. The van der Waals surface area contributed by atoms with Crippen LogP contribution in [0.4, 0.5) is 0 Å². The summed E-state index contributed by atoms with van der Waals surface area (Å²) in [6, 6.07) is 28.2. The van der Waals surface area contributed by atoms with E-state index in [1.165, 1.54) is 33.1 Å². The minimum absolute atomic E-state index is 0.844. The lowest BCUT2D eigenvalue weighted by molar-refractivity contribution is 1.21. The lowest BCUT2D eigenvalue weighted by Crippen LogP contribution is -2.08. The molecule has 110 valence electrons. The molecule has 2 heteroatoms. The summed E-state index contributed by atoms with van der Waals surface area (Å²) in [6.45, 7) is 2.22. The van der Waals surface area contributed by atoms with Crippen molar-refractivity contribution in [3.05, 3.63) is 85.1 Å². The lowest BCUT2D eigenvalue weighted by Gasteiger charge is -2.07. The average Bonchev–Trinajstić information content (AvgIpc) is 3.07. The molecule has 0 aliphatic rings. The van der Waals surface area contributed by atoms with Gasteiger partial charge in [0, 0.05) is 17.3 Å². The fourth-order valence-corrected chi connectivity index (χ4v) is 3.47. The molecular weight excluding hydrogens is 294 g/mol. The van der Waals surface area contributed by atoms with Crippen LogP contribution in [0.1, 0.15) is 0 Å². The highest BCUT2D eigenvalue weighted by atomic mass is 28.2. The molecule has 0 saturated carbocycles. The van der Waals surface area contributed by atoms with Gasteiger partial charge in [0.15, 0.2) is 0 Å². The Hall–Kier alpha value is -2.58. The molecule has 0 N–H and O–H groups in total. The van der Waals surface area contributed by atoms with Crippen molar-refractivity contribution in [2.24, 2.45) is 0 Å². The number of hydrogen-bond donors (Lipinski definition) is 0. The predicted octanol–water partition coefficient (Wildman–Crippen LogP) is 4.65. The van der Waals surface area contributed by atoms with Gasteiger partial charge in [-0.25, -0.2) is 0 Å². The van der Waals surface area contributed by atoms with Gasteiger partial charge in [-0.05, 0) is 29.3 Å². The summed E-state index contributed by atoms with van der Waals surface area (Å²) >= 11 is 0. The first-order valence-electron chi connectivity index (χ1n) is 7.80. The maximum Gasteiger partial charge on any atom is 0.0773 e. The fourth-order valence-electron chi connectivity index (χ4n) is 2.97. The summed E-state index contributed by atoms with van der Waals surface area (Å²) in [4.78, 5) is 0. The van der Waals surface area contributed by atoms with E-state index >= 15 is 0 Å². The van der Waals surface area contributed by atoms with Gasteiger partial charge in [-0.15, -0.1) is 0 Å².